The fourth-order valence-electron chi connectivity index (χ4n) is 2.72. The predicted molar refractivity (Wildman–Crippen MR) is 90.5 cm³/mol. The molecule has 0 unspecified atom stereocenters. The first kappa shape index (κ1) is 17.2. The Bertz CT molecular complexity index is 778. The SMILES string of the molecule is Cc1c(NC(=O)c2coc(CO)c2)cccc1C(=O)N1CCOCC1. The highest BCUT2D eigenvalue weighted by Crippen LogP contribution is 2.22. The number of morpholine rings is 1. The molecule has 0 atom stereocenters. The summed E-state index contributed by atoms with van der Waals surface area (Å²) in [6, 6.07) is 6.72. The van der Waals surface area contributed by atoms with Gasteiger partial charge in [0.15, 0.2) is 0 Å². The highest BCUT2D eigenvalue weighted by molar-refractivity contribution is 6.06. The Hall–Kier alpha value is -2.64. The number of carbonyl (C=O) groups is 2. The van der Waals surface area contributed by atoms with Crippen LogP contribution in [0.3, 0.4) is 0 Å². The quantitative estimate of drug-likeness (QED) is 0.882. The van der Waals surface area contributed by atoms with Crippen molar-refractivity contribution >= 4 is 17.5 Å². The van der Waals surface area contributed by atoms with Gasteiger partial charge in [-0.25, -0.2) is 0 Å². The van der Waals surface area contributed by atoms with Gasteiger partial charge in [0.25, 0.3) is 11.8 Å². The Morgan fingerprint density at radius 1 is 1.28 bits per heavy atom. The molecule has 7 nitrogen and oxygen atoms in total. The number of aliphatic hydroxyl groups excluding tert-OH is 1. The van der Waals surface area contributed by atoms with E-state index in [1.54, 1.807) is 30.0 Å². The lowest BCUT2D eigenvalue weighted by molar-refractivity contribution is 0.0302. The van der Waals surface area contributed by atoms with E-state index < -0.39 is 0 Å². The number of rotatable bonds is 4. The molecule has 2 N–H and O–H groups in total. The van der Waals surface area contributed by atoms with E-state index in [2.05, 4.69) is 5.32 Å². The largest absolute Gasteiger partial charge is 0.466 e. The van der Waals surface area contributed by atoms with E-state index in [1.807, 2.05) is 0 Å². The molecule has 2 aromatic rings. The summed E-state index contributed by atoms with van der Waals surface area (Å²) in [6.07, 6.45) is 1.29. The van der Waals surface area contributed by atoms with Gasteiger partial charge in [-0.2, -0.15) is 0 Å². The number of furan rings is 1. The van der Waals surface area contributed by atoms with Crippen LogP contribution in [-0.4, -0.2) is 48.1 Å². The first-order chi connectivity index (χ1) is 12.1. The number of carbonyl (C=O) groups excluding carboxylic acids is 2. The Labute approximate surface area is 145 Å². The second-order valence-corrected chi connectivity index (χ2v) is 5.80. The van der Waals surface area contributed by atoms with Gasteiger partial charge in [0.05, 0.1) is 18.8 Å². The van der Waals surface area contributed by atoms with Crippen LogP contribution in [0.1, 0.15) is 32.0 Å². The molecule has 3 rings (SSSR count). The van der Waals surface area contributed by atoms with Gasteiger partial charge in [0.1, 0.15) is 18.6 Å². The molecule has 0 spiro atoms. The highest BCUT2D eigenvalue weighted by Gasteiger charge is 2.21. The lowest BCUT2D eigenvalue weighted by atomic mass is 10.0. The number of nitrogens with zero attached hydrogens (tertiary/aromatic N) is 1. The highest BCUT2D eigenvalue weighted by atomic mass is 16.5. The van der Waals surface area contributed by atoms with E-state index in [9.17, 15) is 9.59 Å². The van der Waals surface area contributed by atoms with E-state index in [1.165, 1.54) is 12.3 Å². The predicted octanol–water partition coefficient (Wildman–Crippen LogP) is 1.81. The molecule has 7 heteroatoms. The summed E-state index contributed by atoms with van der Waals surface area (Å²) in [6.45, 7) is 3.74. The smallest absolute Gasteiger partial charge is 0.258 e. The molecule has 25 heavy (non-hydrogen) atoms. The molecule has 0 aliphatic carbocycles. The van der Waals surface area contributed by atoms with Crippen LogP contribution in [0.15, 0.2) is 34.9 Å². The molecule has 1 aromatic heterocycles. The molecule has 1 aliphatic heterocycles. The third kappa shape index (κ3) is 3.72. The monoisotopic (exact) mass is 344 g/mol. The van der Waals surface area contributed by atoms with Gasteiger partial charge in [0, 0.05) is 24.3 Å². The van der Waals surface area contributed by atoms with Gasteiger partial charge in [-0.05, 0) is 30.7 Å². The van der Waals surface area contributed by atoms with Crippen molar-refractivity contribution in [2.45, 2.75) is 13.5 Å². The Morgan fingerprint density at radius 2 is 2.04 bits per heavy atom. The van der Waals surface area contributed by atoms with Gasteiger partial charge < -0.3 is 24.5 Å². The second-order valence-electron chi connectivity index (χ2n) is 5.80. The summed E-state index contributed by atoms with van der Waals surface area (Å²) < 4.78 is 10.3. The fraction of sp³-hybridized carbons (Fsp3) is 0.333. The van der Waals surface area contributed by atoms with Gasteiger partial charge in [0.2, 0.25) is 0 Å². The van der Waals surface area contributed by atoms with Crippen LogP contribution in [0.2, 0.25) is 0 Å². The number of nitrogens with one attached hydrogen (secondary N) is 1. The zero-order chi connectivity index (χ0) is 17.8. The van der Waals surface area contributed by atoms with Crippen LogP contribution in [0.25, 0.3) is 0 Å². The van der Waals surface area contributed by atoms with Crippen molar-refractivity contribution in [3.05, 3.63) is 53.0 Å². The van der Waals surface area contributed by atoms with Gasteiger partial charge in [-0.15, -0.1) is 0 Å². The van der Waals surface area contributed by atoms with Crippen LogP contribution in [0.4, 0.5) is 5.69 Å². The van der Waals surface area contributed by atoms with Crippen LogP contribution in [0, 0.1) is 6.92 Å². The molecule has 0 radical (unpaired) electrons. The molecule has 1 saturated heterocycles. The lowest BCUT2D eigenvalue weighted by Crippen LogP contribution is -2.41. The zero-order valence-corrected chi connectivity index (χ0v) is 13.9. The summed E-state index contributed by atoms with van der Waals surface area (Å²) in [5, 5.41) is 11.8. The fourth-order valence-corrected chi connectivity index (χ4v) is 2.72. The maximum atomic E-state index is 12.7. The van der Waals surface area contributed by atoms with Crippen molar-refractivity contribution in [3.8, 4) is 0 Å². The minimum atomic E-state index is -0.359. The standard InChI is InChI=1S/C18H20N2O5/c1-12-15(18(23)20-5-7-24-8-6-20)3-2-4-16(12)19-17(22)13-9-14(10-21)25-11-13/h2-4,9,11,21H,5-8,10H2,1H3,(H,19,22). The number of amides is 2. The Balaban J connectivity index is 1.78. The molecular formula is C18H20N2O5. The molecule has 0 saturated carbocycles. The number of aliphatic hydroxyl groups is 1. The van der Waals surface area contributed by atoms with E-state index in [0.29, 0.717) is 54.4 Å². The number of anilines is 1. The summed E-state index contributed by atoms with van der Waals surface area (Å²) in [4.78, 5) is 26.8. The van der Waals surface area contributed by atoms with Crippen molar-refractivity contribution < 1.29 is 23.8 Å². The van der Waals surface area contributed by atoms with E-state index in [-0.39, 0.29) is 18.4 Å². The third-order valence-corrected chi connectivity index (χ3v) is 4.18. The molecule has 132 valence electrons. The normalized spacial score (nSPS) is 14.4. The average molecular weight is 344 g/mol. The molecule has 1 fully saturated rings. The number of hydrogen-bond acceptors (Lipinski definition) is 5. The molecule has 1 aliphatic rings. The average Bonchev–Trinajstić information content (AvgIpc) is 3.13. The number of hydrogen-bond donors (Lipinski definition) is 2. The second kappa shape index (κ2) is 7.50. The lowest BCUT2D eigenvalue weighted by Gasteiger charge is -2.27. The number of benzene rings is 1. The van der Waals surface area contributed by atoms with Crippen LogP contribution in [0.5, 0.6) is 0 Å². The first-order valence-electron chi connectivity index (χ1n) is 8.06. The molecule has 1 aromatic carbocycles. The summed E-state index contributed by atoms with van der Waals surface area (Å²) in [7, 11) is 0. The molecule has 2 heterocycles. The maximum absolute atomic E-state index is 12.7. The summed E-state index contributed by atoms with van der Waals surface area (Å²) in [5.41, 5.74) is 2.14. The van der Waals surface area contributed by atoms with E-state index in [0.717, 1.165) is 0 Å². The Kier molecular flexibility index (Phi) is 5.16. The molecule has 0 bridgehead atoms. The minimum absolute atomic E-state index is 0.0669. The third-order valence-electron chi connectivity index (χ3n) is 4.18. The van der Waals surface area contributed by atoms with Gasteiger partial charge >= 0.3 is 0 Å². The van der Waals surface area contributed by atoms with Crippen molar-refractivity contribution in [1.29, 1.82) is 0 Å². The first-order valence-corrected chi connectivity index (χ1v) is 8.06. The van der Waals surface area contributed by atoms with Crippen LogP contribution < -0.4 is 5.32 Å². The van der Waals surface area contributed by atoms with E-state index >= 15 is 0 Å². The van der Waals surface area contributed by atoms with Crippen LogP contribution in [-0.2, 0) is 11.3 Å². The number of ether oxygens (including phenoxy) is 1. The van der Waals surface area contributed by atoms with Gasteiger partial charge in [-0.1, -0.05) is 6.07 Å². The van der Waals surface area contributed by atoms with Crippen molar-refractivity contribution in [2.75, 3.05) is 31.6 Å². The van der Waals surface area contributed by atoms with Gasteiger partial charge in [-0.3, -0.25) is 9.59 Å². The van der Waals surface area contributed by atoms with Crippen LogP contribution >= 0.6 is 0 Å². The zero-order valence-electron chi connectivity index (χ0n) is 13.9. The minimum Gasteiger partial charge on any atom is -0.466 e. The van der Waals surface area contributed by atoms with Crippen molar-refractivity contribution in [3.63, 3.8) is 0 Å². The Morgan fingerprint density at radius 3 is 2.72 bits per heavy atom. The summed E-state index contributed by atoms with van der Waals surface area (Å²) >= 11 is 0. The maximum Gasteiger partial charge on any atom is 0.258 e. The topological polar surface area (TPSA) is 92.0 Å². The van der Waals surface area contributed by atoms with E-state index in [4.69, 9.17) is 14.3 Å². The van der Waals surface area contributed by atoms with Crippen molar-refractivity contribution in [2.24, 2.45) is 0 Å². The molecule has 2 amide bonds. The summed E-state index contributed by atoms with van der Waals surface area (Å²) in [5.74, 6) is -0.108. The molecular weight excluding hydrogens is 324 g/mol. The van der Waals surface area contributed by atoms with Crippen molar-refractivity contribution in [1.82, 2.24) is 4.90 Å².